The SMILES string of the molecule is CCCCOCCOCCOCCN1CC[C@@H](O)C1. The Morgan fingerprint density at radius 1 is 1.00 bits per heavy atom. The van der Waals surface area contributed by atoms with Crippen molar-refractivity contribution in [1.29, 1.82) is 0 Å². The molecule has 1 N–H and O–H groups in total. The second kappa shape index (κ2) is 11.6. The predicted octanol–water partition coefficient (Wildman–Crippen LogP) is 0.903. The first-order valence-corrected chi connectivity index (χ1v) is 7.46. The Kier molecular flexibility index (Phi) is 10.3. The smallest absolute Gasteiger partial charge is 0.0701 e. The minimum Gasteiger partial charge on any atom is -0.392 e. The Hall–Kier alpha value is -0.200. The van der Waals surface area contributed by atoms with Crippen LogP contribution < -0.4 is 0 Å². The first kappa shape index (κ1) is 16.9. The maximum atomic E-state index is 9.36. The lowest BCUT2D eigenvalue weighted by Gasteiger charge is -2.14. The lowest BCUT2D eigenvalue weighted by atomic mass is 10.3. The lowest BCUT2D eigenvalue weighted by Crippen LogP contribution is -2.26. The molecule has 1 aliphatic heterocycles. The fourth-order valence-corrected chi connectivity index (χ4v) is 2.00. The fraction of sp³-hybridized carbons (Fsp3) is 1.00. The maximum Gasteiger partial charge on any atom is 0.0701 e. The molecule has 0 spiro atoms. The van der Waals surface area contributed by atoms with Gasteiger partial charge in [0.2, 0.25) is 0 Å². The van der Waals surface area contributed by atoms with Crippen molar-refractivity contribution in [2.24, 2.45) is 0 Å². The topological polar surface area (TPSA) is 51.2 Å². The van der Waals surface area contributed by atoms with Crippen molar-refractivity contribution in [2.75, 3.05) is 59.3 Å². The molecule has 0 radical (unpaired) electrons. The number of likely N-dealkylation sites (tertiary alicyclic amines) is 1. The molecule has 0 bridgehead atoms. The molecule has 0 aliphatic carbocycles. The largest absolute Gasteiger partial charge is 0.392 e. The summed E-state index contributed by atoms with van der Waals surface area (Å²) < 4.78 is 16.3. The van der Waals surface area contributed by atoms with Gasteiger partial charge in [0.15, 0.2) is 0 Å². The van der Waals surface area contributed by atoms with Crippen LogP contribution in [0.4, 0.5) is 0 Å². The van der Waals surface area contributed by atoms with Crippen LogP contribution in [0.5, 0.6) is 0 Å². The van der Waals surface area contributed by atoms with Crippen LogP contribution in [-0.2, 0) is 14.2 Å². The van der Waals surface area contributed by atoms with Gasteiger partial charge in [-0.1, -0.05) is 13.3 Å². The highest BCUT2D eigenvalue weighted by molar-refractivity contribution is 4.73. The third-order valence-electron chi connectivity index (χ3n) is 3.19. The van der Waals surface area contributed by atoms with Gasteiger partial charge in [0.25, 0.3) is 0 Å². The van der Waals surface area contributed by atoms with E-state index in [2.05, 4.69) is 11.8 Å². The summed E-state index contributed by atoms with van der Waals surface area (Å²) in [5.74, 6) is 0. The number of unbranched alkanes of at least 4 members (excludes halogenated alkanes) is 1. The Morgan fingerprint density at radius 2 is 1.63 bits per heavy atom. The Labute approximate surface area is 116 Å². The van der Waals surface area contributed by atoms with Gasteiger partial charge in [-0.25, -0.2) is 0 Å². The van der Waals surface area contributed by atoms with Gasteiger partial charge in [-0.2, -0.15) is 0 Å². The van der Waals surface area contributed by atoms with E-state index >= 15 is 0 Å². The standard InChI is InChI=1S/C14H29NO4/c1-2-3-7-17-9-11-19-12-10-18-8-6-15-5-4-14(16)13-15/h14,16H,2-13H2,1H3/t14-/m1/s1. The average molecular weight is 275 g/mol. The molecule has 0 amide bonds. The van der Waals surface area contributed by atoms with Gasteiger partial charge < -0.3 is 19.3 Å². The molecule has 19 heavy (non-hydrogen) atoms. The lowest BCUT2D eigenvalue weighted by molar-refractivity contribution is 0.0107. The van der Waals surface area contributed by atoms with Gasteiger partial charge in [0.1, 0.15) is 0 Å². The number of hydrogen-bond donors (Lipinski definition) is 1. The summed E-state index contributed by atoms with van der Waals surface area (Å²) in [6.45, 7) is 8.94. The van der Waals surface area contributed by atoms with Crippen molar-refractivity contribution >= 4 is 0 Å². The minimum absolute atomic E-state index is 0.143. The van der Waals surface area contributed by atoms with Crippen LogP contribution in [-0.4, -0.2) is 75.4 Å². The number of nitrogens with zero attached hydrogens (tertiary/aromatic N) is 1. The molecule has 0 aromatic heterocycles. The van der Waals surface area contributed by atoms with Crippen LogP contribution in [0.2, 0.25) is 0 Å². The zero-order valence-corrected chi connectivity index (χ0v) is 12.2. The highest BCUT2D eigenvalue weighted by atomic mass is 16.5. The second-order valence-electron chi connectivity index (χ2n) is 4.93. The van der Waals surface area contributed by atoms with Gasteiger partial charge in [-0.3, -0.25) is 4.90 Å². The second-order valence-corrected chi connectivity index (χ2v) is 4.93. The molecule has 0 aromatic rings. The molecule has 5 nitrogen and oxygen atoms in total. The van der Waals surface area contributed by atoms with Crippen LogP contribution in [0.1, 0.15) is 26.2 Å². The summed E-state index contributed by atoms with van der Waals surface area (Å²) in [5, 5.41) is 9.36. The molecule has 1 fully saturated rings. The Bertz CT molecular complexity index is 204. The number of rotatable bonds is 12. The van der Waals surface area contributed by atoms with E-state index in [1.807, 2.05) is 0 Å². The molecular weight excluding hydrogens is 246 g/mol. The highest BCUT2D eigenvalue weighted by Crippen LogP contribution is 2.07. The van der Waals surface area contributed by atoms with Crippen molar-refractivity contribution < 1.29 is 19.3 Å². The molecule has 5 heteroatoms. The summed E-state index contributed by atoms with van der Waals surface area (Å²) >= 11 is 0. The molecule has 0 unspecified atom stereocenters. The van der Waals surface area contributed by atoms with E-state index in [1.54, 1.807) is 0 Å². The zero-order valence-electron chi connectivity index (χ0n) is 12.2. The van der Waals surface area contributed by atoms with Crippen molar-refractivity contribution in [2.45, 2.75) is 32.3 Å². The van der Waals surface area contributed by atoms with E-state index in [-0.39, 0.29) is 6.10 Å². The van der Waals surface area contributed by atoms with Gasteiger partial charge in [-0.15, -0.1) is 0 Å². The number of β-amino-alcohol motifs (C(OH)–C–C–N with tert-alkyl or cyclic N) is 1. The summed E-state index contributed by atoms with van der Waals surface area (Å²) in [7, 11) is 0. The van der Waals surface area contributed by atoms with E-state index in [4.69, 9.17) is 14.2 Å². The van der Waals surface area contributed by atoms with Crippen molar-refractivity contribution in [3.05, 3.63) is 0 Å². The molecule has 114 valence electrons. The van der Waals surface area contributed by atoms with Gasteiger partial charge in [0.05, 0.1) is 39.1 Å². The third-order valence-corrected chi connectivity index (χ3v) is 3.19. The quantitative estimate of drug-likeness (QED) is 0.536. The van der Waals surface area contributed by atoms with E-state index in [0.29, 0.717) is 33.0 Å². The maximum absolute atomic E-state index is 9.36. The van der Waals surface area contributed by atoms with E-state index in [1.165, 1.54) is 6.42 Å². The Balaban J connectivity index is 1.72. The minimum atomic E-state index is -0.143. The normalized spacial score (nSPS) is 20.2. The molecule has 0 aromatic carbocycles. The first-order chi connectivity index (χ1) is 9.33. The van der Waals surface area contributed by atoms with E-state index < -0.39 is 0 Å². The van der Waals surface area contributed by atoms with Gasteiger partial charge >= 0.3 is 0 Å². The Morgan fingerprint density at radius 3 is 2.21 bits per heavy atom. The van der Waals surface area contributed by atoms with Crippen LogP contribution >= 0.6 is 0 Å². The van der Waals surface area contributed by atoms with Crippen molar-refractivity contribution in [3.63, 3.8) is 0 Å². The van der Waals surface area contributed by atoms with Gasteiger partial charge in [0, 0.05) is 26.2 Å². The highest BCUT2D eigenvalue weighted by Gasteiger charge is 2.19. The molecular formula is C14H29NO4. The van der Waals surface area contributed by atoms with Crippen LogP contribution in [0, 0.1) is 0 Å². The number of hydrogen-bond acceptors (Lipinski definition) is 5. The van der Waals surface area contributed by atoms with Crippen LogP contribution in [0.25, 0.3) is 0 Å². The summed E-state index contributed by atoms with van der Waals surface area (Å²) in [6, 6.07) is 0. The molecule has 1 aliphatic rings. The first-order valence-electron chi connectivity index (χ1n) is 7.46. The fourth-order valence-electron chi connectivity index (χ4n) is 2.00. The molecule has 0 saturated carbocycles. The summed E-state index contributed by atoms with van der Waals surface area (Å²) in [4.78, 5) is 2.23. The van der Waals surface area contributed by atoms with E-state index in [9.17, 15) is 5.11 Å². The molecule has 1 rings (SSSR count). The predicted molar refractivity (Wildman–Crippen MR) is 74.4 cm³/mol. The van der Waals surface area contributed by atoms with Crippen molar-refractivity contribution in [3.8, 4) is 0 Å². The van der Waals surface area contributed by atoms with Crippen LogP contribution in [0.15, 0.2) is 0 Å². The third kappa shape index (κ3) is 9.35. The monoisotopic (exact) mass is 275 g/mol. The van der Waals surface area contributed by atoms with Gasteiger partial charge in [-0.05, 0) is 12.8 Å². The summed E-state index contributed by atoms with van der Waals surface area (Å²) in [6.07, 6.45) is 3.04. The zero-order chi connectivity index (χ0) is 13.8. The van der Waals surface area contributed by atoms with E-state index in [0.717, 1.165) is 39.1 Å². The average Bonchev–Trinajstić information content (AvgIpc) is 2.82. The molecule has 1 heterocycles. The number of ether oxygens (including phenoxy) is 3. The number of aliphatic hydroxyl groups excluding tert-OH is 1. The number of aliphatic hydroxyl groups is 1. The summed E-state index contributed by atoms with van der Waals surface area (Å²) in [5.41, 5.74) is 0. The van der Waals surface area contributed by atoms with Crippen molar-refractivity contribution in [1.82, 2.24) is 4.90 Å². The molecule has 1 atom stereocenters. The molecule has 1 saturated heterocycles. The van der Waals surface area contributed by atoms with Crippen LogP contribution in [0.3, 0.4) is 0 Å².